The van der Waals surface area contributed by atoms with E-state index in [0.717, 1.165) is 22.3 Å². The van der Waals surface area contributed by atoms with Gasteiger partial charge in [0.15, 0.2) is 0 Å². The summed E-state index contributed by atoms with van der Waals surface area (Å²) in [5.41, 5.74) is 4.95. The first-order chi connectivity index (χ1) is 19.4. The van der Waals surface area contributed by atoms with Crippen molar-refractivity contribution in [1.29, 1.82) is 0 Å². The van der Waals surface area contributed by atoms with Crippen LogP contribution in [-0.2, 0) is 24.4 Å². The van der Waals surface area contributed by atoms with Gasteiger partial charge in [-0.15, -0.1) is 0 Å². The molecule has 9 heteroatoms. The molecular weight excluding hydrogens is 530 g/mol. The minimum Gasteiger partial charge on any atom is -0.469 e. The van der Waals surface area contributed by atoms with Crippen LogP contribution in [0.5, 0.6) is 5.75 Å². The van der Waals surface area contributed by atoms with Gasteiger partial charge in [-0.2, -0.15) is 8.42 Å². The number of benzene rings is 4. The molecule has 1 amide bonds. The van der Waals surface area contributed by atoms with E-state index in [4.69, 9.17) is 13.7 Å². The van der Waals surface area contributed by atoms with Crippen molar-refractivity contribution in [2.24, 2.45) is 0 Å². The van der Waals surface area contributed by atoms with Crippen LogP contribution in [0.4, 0.5) is 4.79 Å². The van der Waals surface area contributed by atoms with Gasteiger partial charge in [0.1, 0.15) is 17.3 Å². The maximum absolute atomic E-state index is 12.9. The summed E-state index contributed by atoms with van der Waals surface area (Å²) in [6.45, 7) is 0.120. The number of alkyl carbamates (subject to hydrolysis) is 1. The largest absolute Gasteiger partial charge is 0.469 e. The summed E-state index contributed by atoms with van der Waals surface area (Å²) in [4.78, 5) is 25.0. The summed E-state index contributed by atoms with van der Waals surface area (Å²) < 4.78 is 40.7. The standard InChI is InChI=1S/C31H27NO7S/c1-37-30(33)19-29(21-15-17-22(18-16-21)39-40(35,36)23-9-3-2-4-10-23)32-31(34)38-20-28-26-13-7-5-11-24(26)25-12-6-8-14-27(25)28/h2-18,28-29H,19-20H2,1H3,(H,32,34). The number of carbonyl (C=O) groups is 2. The lowest BCUT2D eigenvalue weighted by molar-refractivity contribution is -0.141. The number of fused-ring (bicyclic) bond motifs is 3. The molecule has 4 aromatic rings. The van der Waals surface area contributed by atoms with E-state index in [2.05, 4.69) is 17.4 Å². The number of methoxy groups -OCH3 is 1. The molecule has 1 aliphatic carbocycles. The quantitative estimate of drug-likeness (QED) is 0.211. The summed E-state index contributed by atoms with van der Waals surface area (Å²) >= 11 is 0. The first kappa shape index (κ1) is 27.0. The van der Waals surface area contributed by atoms with E-state index in [1.807, 2.05) is 36.4 Å². The van der Waals surface area contributed by atoms with Crippen LogP contribution >= 0.6 is 0 Å². The fourth-order valence-electron chi connectivity index (χ4n) is 4.80. The molecule has 1 aliphatic rings. The summed E-state index contributed by atoms with van der Waals surface area (Å²) in [5.74, 6) is -0.554. The maximum atomic E-state index is 12.9. The molecule has 1 unspecified atom stereocenters. The fourth-order valence-corrected chi connectivity index (χ4v) is 5.75. The summed E-state index contributed by atoms with van der Waals surface area (Å²) in [6.07, 6.45) is -0.841. The molecular formula is C31H27NO7S. The van der Waals surface area contributed by atoms with Crippen LogP contribution in [0.15, 0.2) is 108 Å². The van der Waals surface area contributed by atoms with Crippen LogP contribution in [0.2, 0.25) is 0 Å². The molecule has 0 saturated heterocycles. The van der Waals surface area contributed by atoms with Gasteiger partial charge in [0.2, 0.25) is 0 Å². The third-order valence-corrected chi connectivity index (χ3v) is 8.02. The van der Waals surface area contributed by atoms with Crippen LogP contribution in [0.3, 0.4) is 0 Å². The number of hydrogen-bond acceptors (Lipinski definition) is 7. The molecule has 5 rings (SSSR count). The Morgan fingerprint density at radius 3 is 1.98 bits per heavy atom. The predicted molar refractivity (Wildman–Crippen MR) is 148 cm³/mol. The van der Waals surface area contributed by atoms with E-state index in [-0.39, 0.29) is 29.6 Å². The average Bonchev–Trinajstić information content (AvgIpc) is 3.30. The van der Waals surface area contributed by atoms with Crippen molar-refractivity contribution < 1.29 is 31.7 Å². The Bertz CT molecular complexity index is 1570. The van der Waals surface area contributed by atoms with Gasteiger partial charge in [0, 0.05) is 5.92 Å². The van der Waals surface area contributed by atoms with Crippen molar-refractivity contribution >= 4 is 22.2 Å². The zero-order valence-corrected chi connectivity index (χ0v) is 22.5. The SMILES string of the molecule is COC(=O)CC(NC(=O)OCC1c2ccccc2-c2ccccc21)c1ccc(OS(=O)(=O)c2ccccc2)cc1. The van der Waals surface area contributed by atoms with Crippen LogP contribution in [0.1, 0.15) is 35.1 Å². The third kappa shape index (κ3) is 5.84. The lowest BCUT2D eigenvalue weighted by Gasteiger charge is -2.20. The van der Waals surface area contributed by atoms with Crippen molar-refractivity contribution in [3.63, 3.8) is 0 Å². The van der Waals surface area contributed by atoms with Crippen molar-refractivity contribution in [2.45, 2.75) is 23.3 Å². The molecule has 204 valence electrons. The van der Waals surface area contributed by atoms with Crippen molar-refractivity contribution in [3.05, 3.63) is 120 Å². The van der Waals surface area contributed by atoms with Gasteiger partial charge in [0.25, 0.3) is 0 Å². The highest BCUT2D eigenvalue weighted by Crippen LogP contribution is 2.44. The van der Waals surface area contributed by atoms with Gasteiger partial charge in [0.05, 0.1) is 19.6 Å². The second-order valence-electron chi connectivity index (χ2n) is 9.22. The highest BCUT2D eigenvalue weighted by molar-refractivity contribution is 7.87. The minimum absolute atomic E-state index is 0.0274. The smallest absolute Gasteiger partial charge is 0.407 e. The Balaban J connectivity index is 1.28. The Morgan fingerprint density at radius 2 is 1.38 bits per heavy atom. The van der Waals surface area contributed by atoms with Crippen molar-refractivity contribution in [2.75, 3.05) is 13.7 Å². The highest BCUT2D eigenvalue weighted by atomic mass is 32.2. The summed E-state index contributed by atoms with van der Waals surface area (Å²) in [5, 5.41) is 2.74. The van der Waals surface area contributed by atoms with Gasteiger partial charge in [-0.3, -0.25) is 4.79 Å². The summed E-state index contributed by atoms with van der Waals surface area (Å²) in [6, 6.07) is 29.1. The van der Waals surface area contributed by atoms with Crippen molar-refractivity contribution in [1.82, 2.24) is 5.32 Å². The third-order valence-electron chi connectivity index (χ3n) is 6.75. The second kappa shape index (κ2) is 11.6. The van der Waals surface area contributed by atoms with Crippen molar-refractivity contribution in [3.8, 4) is 16.9 Å². The molecule has 0 radical (unpaired) electrons. The number of esters is 1. The monoisotopic (exact) mass is 557 g/mol. The fraction of sp³-hybridized carbons (Fsp3) is 0.161. The predicted octanol–water partition coefficient (Wildman–Crippen LogP) is 5.60. The molecule has 1 atom stereocenters. The van der Waals surface area contributed by atoms with E-state index in [0.29, 0.717) is 5.56 Å². The molecule has 4 aromatic carbocycles. The molecule has 0 bridgehead atoms. The lowest BCUT2D eigenvalue weighted by Crippen LogP contribution is -2.32. The molecule has 0 heterocycles. The highest BCUT2D eigenvalue weighted by Gasteiger charge is 2.29. The molecule has 40 heavy (non-hydrogen) atoms. The minimum atomic E-state index is -4.01. The molecule has 0 aliphatic heterocycles. The Morgan fingerprint density at radius 1 is 0.800 bits per heavy atom. The first-order valence-electron chi connectivity index (χ1n) is 12.6. The number of nitrogens with one attached hydrogen (secondary N) is 1. The number of carbonyl (C=O) groups excluding carboxylic acids is 2. The second-order valence-corrected chi connectivity index (χ2v) is 10.8. The van der Waals surface area contributed by atoms with Gasteiger partial charge in [-0.1, -0.05) is 78.9 Å². The number of amides is 1. The molecule has 0 fully saturated rings. The molecule has 0 saturated carbocycles. The van der Waals surface area contributed by atoms with E-state index in [1.165, 1.54) is 31.4 Å². The zero-order chi connectivity index (χ0) is 28.1. The molecule has 8 nitrogen and oxygen atoms in total. The van der Waals surface area contributed by atoms with E-state index >= 15 is 0 Å². The number of hydrogen-bond donors (Lipinski definition) is 1. The van der Waals surface area contributed by atoms with Crippen LogP contribution in [-0.4, -0.2) is 34.2 Å². The summed E-state index contributed by atoms with van der Waals surface area (Å²) in [7, 11) is -2.75. The van der Waals surface area contributed by atoms with E-state index in [1.54, 1.807) is 30.3 Å². The zero-order valence-electron chi connectivity index (χ0n) is 21.6. The van der Waals surface area contributed by atoms with E-state index < -0.39 is 28.2 Å². The van der Waals surface area contributed by atoms with Crippen LogP contribution < -0.4 is 9.50 Å². The Labute approximate surface area is 232 Å². The number of rotatable bonds is 9. The van der Waals surface area contributed by atoms with Gasteiger partial charge in [-0.05, 0) is 52.1 Å². The number of ether oxygens (including phenoxy) is 2. The lowest BCUT2D eigenvalue weighted by atomic mass is 9.98. The van der Waals surface area contributed by atoms with Gasteiger partial charge in [-0.25, -0.2) is 4.79 Å². The Kier molecular flexibility index (Phi) is 7.84. The molecule has 0 spiro atoms. The van der Waals surface area contributed by atoms with Crippen LogP contribution in [0, 0.1) is 0 Å². The van der Waals surface area contributed by atoms with Gasteiger partial charge < -0.3 is 19.0 Å². The first-order valence-corrected chi connectivity index (χ1v) is 14.0. The topological polar surface area (TPSA) is 108 Å². The Hall–Kier alpha value is -4.63. The average molecular weight is 558 g/mol. The maximum Gasteiger partial charge on any atom is 0.407 e. The molecule has 1 N–H and O–H groups in total. The van der Waals surface area contributed by atoms with Crippen LogP contribution in [0.25, 0.3) is 11.1 Å². The normalized spacial score (nSPS) is 13.0. The molecule has 0 aromatic heterocycles. The van der Waals surface area contributed by atoms with Gasteiger partial charge >= 0.3 is 22.2 Å². The van der Waals surface area contributed by atoms with E-state index in [9.17, 15) is 18.0 Å².